The number of rotatable bonds is 4. The summed E-state index contributed by atoms with van der Waals surface area (Å²) in [5.74, 6) is 1.43. The quantitative estimate of drug-likeness (QED) is 0.824. The molecule has 4 heteroatoms. The first-order valence-corrected chi connectivity index (χ1v) is 6.02. The van der Waals surface area contributed by atoms with Crippen LogP contribution >= 0.6 is 0 Å². The predicted molar refractivity (Wildman–Crippen MR) is 60.8 cm³/mol. The predicted octanol–water partition coefficient (Wildman–Crippen LogP) is 2.17. The van der Waals surface area contributed by atoms with Crippen LogP contribution in [0.2, 0.25) is 0 Å². The second-order valence-electron chi connectivity index (χ2n) is 4.51. The summed E-state index contributed by atoms with van der Waals surface area (Å²) >= 11 is 0. The molecule has 4 nitrogen and oxygen atoms in total. The average Bonchev–Trinajstić information content (AvgIpc) is 2.80. The fraction of sp³-hybridized carbons (Fsp3) is 0.750. The van der Waals surface area contributed by atoms with E-state index in [4.69, 9.17) is 9.84 Å². The first-order valence-electron chi connectivity index (χ1n) is 6.02. The maximum Gasteiger partial charge on any atom is 0.135 e. The molecule has 2 rings (SSSR count). The molecule has 1 aliphatic carbocycles. The lowest BCUT2D eigenvalue weighted by molar-refractivity contribution is 0.0294. The lowest BCUT2D eigenvalue weighted by Crippen LogP contribution is -2.19. The van der Waals surface area contributed by atoms with Crippen LogP contribution < -0.4 is 0 Å². The van der Waals surface area contributed by atoms with Gasteiger partial charge in [-0.25, -0.2) is 4.98 Å². The summed E-state index contributed by atoms with van der Waals surface area (Å²) < 4.78 is 5.56. The van der Waals surface area contributed by atoms with Gasteiger partial charge in [-0.05, 0) is 18.8 Å². The number of imidazole rings is 1. The highest BCUT2D eigenvalue weighted by molar-refractivity contribution is 5.04. The van der Waals surface area contributed by atoms with E-state index in [2.05, 4.69) is 9.97 Å². The Balaban J connectivity index is 2.08. The van der Waals surface area contributed by atoms with Crippen molar-refractivity contribution in [1.82, 2.24) is 9.97 Å². The van der Waals surface area contributed by atoms with Crippen LogP contribution in [-0.4, -0.2) is 22.2 Å². The Labute approximate surface area is 96.0 Å². The second kappa shape index (κ2) is 5.46. The van der Waals surface area contributed by atoms with Gasteiger partial charge in [0.1, 0.15) is 11.9 Å². The third-order valence-corrected chi connectivity index (χ3v) is 3.42. The number of aromatic amines is 1. The van der Waals surface area contributed by atoms with Crippen molar-refractivity contribution in [2.45, 2.75) is 44.8 Å². The molecule has 0 bridgehead atoms. The van der Waals surface area contributed by atoms with Crippen LogP contribution in [0.25, 0.3) is 0 Å². The Hall–Kier alpha value is -0.870. The molecule has 0 radical (unpaired) electrons. The minimum Gasteiger partial charge on any atom is -0.390 e. The van der Waals surface area contributed by atoms with Gasteiger partial charge in [0, 0.05) is 7.11 Å². The molecule has 1 saturated carbocycles. The van der Waals surface area contributed by atoms with Gasteiger partial charge in [0.2, 0.25) is 0 Å². The van der Waals surface area contributed by atoms with Crippen LogP contribution in [0.4, 0.5) is 0 Å². The lowest BCUT2D eigenvalue weighted by Gasteiger charge is -2.27. The fourth-order valence-corrected chi connectivity index (χ4v) is 2.57. The monoisotopic (exact) mass is 224 g/mol. The highest BCUT2D eigenvalue weighted by atomic mass is 16.5. The van der Waals surface area contributed by atoms with E-state index in [1.165, 1.54) is 32.1 Å². The van der Waals surface area contributed by atoms with Crippen molar-refractivity contribution in [2.75, 3.05) is 7.11 Å². The summed E-state index contributed by atoms with van der Waals surface area (Å²) in [6, 6.07) is 0. The van der Waals surface area contributed by atoms with Gasteiger partial charge in [-0.3, -0.25) is 0 Å². The van der Waals surface area contributed by atoms with Crippen molar-refractivity contribution in [1.29, 1.82) is 0 Å². The van der Waals surface area contributed by atoms with Crippen LogP contribution in [0, 0.1) is 5.92 Å². The number of nitrogens with one attached hydrogen (secondary N) is 1. The van der Waals surface area contributed by atoms with Crippen molar-refractivity contribution in [3.63, 3.8) is 0 Å². The number of methoxy groups -OCH3 is 1. The first kappa shape index (κ1) is 11.6. The molecule has 0 aliphatic heterocycles. The highest BCUT2D eigenvalue weighted by Crippen LogP contribution is 2.35. The first-order chi connectivity index (χ1) is 7.85. The summed E-state index contributed by atoms with van der Waals surface area (Å²) in [5, 5.41) is 9.00. The zero-order valence-electron chi connectivity index (χ0n) is 9.78. The van der Waals surface area contributed by atoms with Crippen LogP contribution in [-0.2, 0) is 11.3 Å². The van der Waals surface area contributed by atoms with Gasteiger partial charge >= 0.3 is 0 Å². The standard InChI is InChI=1S/C12H20N2O2/c1-16-11(9-5-3-2-4-6-9)12-13-7-10(8-15)14-12/h7,9,11,15H,2-6,8H2,1H3,(H,13,14). The van der Waals surface area contributed by atoms with E-state index in [0.717, 1.165) is 11.5 Å². The molecule has 16 heavy (non-hydrogen) atoms. The number of hydrogen-bond acceptors (Lipinski definition) is 3. The summed E-state index contributed by atoms with van der Waals surface area (Å²) in [7, 11) is 1.74. The van der Waals surface area contributed by atoms with E-state index < -0.39 is 0 Å². The van der Waals surface area contributed by atoms with Gasteiger partial charge < -0.3 is 14.8 Å². The van der Waals surface area contributed by atoms with Gasteiger partial charge in [-0.1, -0.05) is 19.3 Å². The largest absolute Gasteiger partial charge is 0.390 e. The molecule has 1 aliphatic rings. The molecule has 1 heterocycles. The van der Waals surface area contributed by atoms with Crippen molar-refractivity contribution in [3.8, 4) is 0 Å². The maximum atomic E-state index is 9.00. The summed E-state index contributed by atoms with van der Waals surface area (Å²) in [5.41, 5.74) is 0.757. The van der Waals surface area contributed by atoms with E-state index >= 15 is 0 Å². The van der Waals surface area contributed by atoms with Gasteiger partial charge in [-0.15, -0.1) is 0 Å². The summed E-state index contributed by atoms with van der Waals surface area (Å²) in [4.78, 5) is 7.42. The number of hydrogen-bond donors (Lipinski definition) is 2. The molecule has 2 N–H and O–H groups in total. The van der Waals surface area contributed by atoms with Crippen molar-refractivity contribution in [3.05, 3.63) is 17.7 Å². The minimum absolute atomic E-state index is 0.00804. The number of ether oxygens (including phenoxy) is 1. The smallest absolute Gasteiger partial charge is 0.135 e. The van der Waals surface area contributed by atoms with Gasteiger partial charge in [0.25, 0.3) is 0 Å². The molecular formula is C12H20N2O2. The summed E-state index contributed by atoms with van der Waals surface area (Å²) in [6.45, 7) is 0.00804. The van der Waals surface area contributed by atoms with Gasteiger partial charge in [0.15, 0.2) is 0 Å². The van der Waals surface area contributed by atoms with Crippen LogP contribution in [0.5, 0.6) is 0 Å². The maximum absolute atomic E-state index is 9.00. The highest BCUT2D eigenvalue weighted by Gasteiger charge is 2.26. The molecular weight excluding hydrogens is 204 g/mol. The second-order valence-corrected chi connectivity index (χ2v) is 4.51. The van der Waals surface area contributed by atoms with Crippen molar-refractivity contribution >= 4 is 0 Å². The molecule has 1 unspecified atom stereocenters. The lowest BCUT2D eigenvalue weighted by atomic mass is 9.85. The van der Waals surface area contributed by atoms with Gasteiger partial charge in [-0.2, -0.15) is 0 Å². The molecule has 1 atom stereocenters. The van der Waals surface area contributed by atoms with Crippen LogP contribution in [0.3, 0.4) is 0 Å². The zero-order chi connectivity index (χ0) is 11.4. The Morgan fingerprint density at radius 1 is 1.50 bits per heavy atom. The SMILES string of the molecule is COC(c1ncc(CO)[nH]1)C1CCCCC1. The number of aliphatic hydroxyl groups is 1. The van der Waals surface area contributed by atoms with Crippen molar-refractivity contribution in [2.24, 2.45) is 5.92 Å². The number of H-pyrrole nitrogens is 1. The molecule has 1 aromatic heterocycles. The molecule has 0 saturated heterocycles. The number of aromatic nitrogens is 2. The van der Waals surface area contributed by atoms with E-state index in [-0.39, 0.29) is 12.7 Å². The van der Waals surface area contributed by atoms with E-state index in [1.807, 2.05) is 0 Å². The van der Waals surface area contributed by atoms with Crippen LogP contribution in [0.15, 0.2) is 6.20 Å². The van der Waals surface area contributed by atoms with Crippen LogP contribution in [0.1, 0.15) is 49.7 Å². The number of aliphatic hydroxyl groups excluding tert-OH is 1. The molecule has 0 amide bonds. The summed E-state index contributed by atoms with van der Waals surface area (Å²) in [6.07, 6.45) is 8.09. The molecule has 0 spiro atoms. The molecule has 1 aromatic rings. The Bertz CT molecular complexity index is 319. The topological polar surface area (TPSA) is 58.1 Å². The normalized spacial score (nSPS) is 19.9. The van der Waals surface area contributed by atoms with E-state index in [0.29, 0.717) is 5.92 Å². The average molecular weight is 224 g/mol. The zero-order valence-corrected chi connectivity index (χ0v) is 9.78. The molecule has 0 aromatic carbocycles. The minimum atomic E-state index is 0.00804. The Morgan fingerprint density at radius 3 is 2.81 bits per heavy atom. The van der Waals surface area contributed by atoms with E-state index in [9.17, 15) is 0 Å². The Morgan fingerprint density at radius 2 is 2.25 bits per heavy atom. The fourth-order valence-electron chi connectivity index (χ4n) is 2.57. The Kier molecular flexibility index (Phi) is 3.96. The molecule has 1 fully saturated rings. The van der Waals surface area contributed by atoms with Gasteiger partial charge in [0.05, 0.1) is 18.5 Å². The third kappa shape index (κ3) is 2.44. The van der Waals surface area contributed by atoms with Crippen molar-refractivity contribution < 1.29 is 9.84 Å². The van der Waals surface area contributed by atoms with E-state index in [1.54, 1.807) is 13.3 Å². The third-order valence-electron chi connectivity index (χ3n) is 3.42. The molecule has 90 valence electrons. The number of nitrogens with zero attached hydrogens (tertiary/aromatic N) is 1.